The molecule has 1 aliphatic carbocycles. The second kappa shape index (κ2) is 5.59. The fourth-order valence-corrected chi connectivity index (χ4v) is 2.50. The van der Waals surface area contributed by atoms with Crippen LogP contribution in [0.15, 0.2) is 18.2 Å². The van der Waals surface area contributed by atoms with Gasteiger partial charge in [-0.15, -0.1) is 0 Å². The number of ether oxygens (including phenoxy) is 1. The minimum absolute atomic E-state index is 0.0706. The van der Waals surface area contributed by atoms with Gasteiger partial charge < -0.3 is 20.3 Å². The van der Waals surface area contributed by atoms with Crippen LogP contribution in [-0.2, 0) is 4.74 Å². The molecule has 0 aromatic heterocycles. The van der Waals surface area contributed by atoms with Crippen molar-refractivity contribution in [3.05, 3.63) is 23.8 Å². The first-order valence-electron chi connectivity index (χ1n) is 6.50. The predicted octanol–water partition coefficient (Wildman–Crippen LogP) is 2.32. The molecule has 18 heavy (non-hydrogen) atoms. The molecule has 1 saturated carbocycles. The van der Waals surface area contributed by atoms with E-state index in [0.29, 0.717) is 17.7 Å². The molecule has 100 valence electrons. The van der Waals surface area contributed by atoms with E-state index in [1.54, 1.807) is 18.2 Å². The van der Waals surface area contributed by atoms with Gasteiger partial charge in [-0.05, 0) is 38.8 Å². The van der Waals surface area contributed by atoms with Crippen LogP contribution in [0.4, 0.5) is 0 Å². The van der Waals surface area contributed by atoms with E-state index in [9.17, 15) is 10.2 Å². The summed E-state index contributed by atoms with van der Waals surface area (Å²) in [5.41, 5.74) is 0.567. The van der Waals surface area contributed by atoms with Crippen molar-refractivity contribution in [3.63, 3.8) is 0 Å². The van der Waals surface area contributed by atoms with Gasteiger partial charge in [0, 0.05) is 18.7 Å². The molecular formula is C14H21NO3. The molecule has 0 aliphatic heterocycles. The normalized spacial score (nSPS) is 24.6. The molecule has 1 aromatic carbocycles. The first-order chi connectivity index (χ1) is 8.61. The zero-order valence-corrected chi connectivity index (χ0v) is 10.9. The van der Waals surface area contributed by atoms with E-state index in [1.807, 2.05) is 13.8 Å². The van der Waals surface area contributed by atoms with Crippen LogP contribution < -0.4 is 5.32 Å². The molecule has 2 rings (SSSR count). The van der Waals surface area contributed by atoms with E-state index in [-0.39, 0.29) is 17.5 Å². The number of phenolic OH excluding ortho intramolecular Hbond substituents is 2. The number of aromatic hydroxyl groups is 2. The lowest BCUT2D eigenvalue weighted by Crippen LogP contribution is -2.46. The smallest absolute Gasteiger partial charge is 0.124 e. The van der Waals surface area contributed by atoms with Gasteiger partial charge >= 0.3 is 0 Å². The fourth-order valence-electron chi connectivity index (χ4n) is 2.50. The summed E-state index contributed by atoms with van der Waals surface area (Å²) < 4.78 is 5.50. The molecular weight excluding hydrogens is 230 g/mol. The van der Waals surface area contributed by atoms with Crippen LogP contribution in [0.1, 0.15) is 38.3 Å². The van der Waals surface area contributed by atoms with Crippen LogP contribution in [0.3, 0.4) is 0 Å². The van der Waals surface area contributed by atoms with Gasteiger partial charge in [0.05, 0.1) is 11.7 Å². The van der Waals surface area contributed by atoms with E-state index in [4.69, 9.17) is 4.74 Å². The Labute approximate surface area is 108 Å². The molecule has 0 amide bonds. The maximum absolute atomic E-state index is 9.78. The number of benzene rings is 1. The van der Waals surface area contributed by atoms with Gasteiger partial charge in [-0.25, -0.2) is 0 Å². The molecule has 0 spiro atoms. The first-order valence-corrected chi connectivity index (χ1v) is 6.50. The quantitative estimate of drug-likeness (QED) is 0.751. The highest BCUT2D eigenvalue weighted by Crippen LogP contribution is 2.34. The molecule has 0 bridgehead atoms. The maximum Gasteiger partial charge on any atom is 0.124 e. The minimum Gasteiger partial charge on any atom is -0.507 e. The molecule has 0 heterocycles. The maximum atomic E-state index is 9.78. The Morgan fingerprint density at radius 2 is 1.94 bits per heavy atom. The number of phenols is 2. The van der Waals surface area contributed by atoms with Crippen molar-refractivity contribution < 1.29 is 14.9 Å². The minimum atomic E-state index is -0.0706. The van der Waals surface area contributed by atoms with Gasteiger partial charge in [-0.2, -0.15) is 0 Å². The monoisotopic (exact) mass is 251 g/mol. The molecule has 1 aliphatic rings. The van der Waals surface area contributed by atoms with Gasteiger partial charge in [0.15, 0.2) is 0 Å². The summed E-state index contributed by atoms with van der Waals surface area (Å²) in [5, 5.41) is 23.0. The van der Waals surface area contributed by atoms with Crippen molar-refractivity contribution in [2.45, 2.75) is 44.9 Å². The molecule has 1 unspecified atom stereocenters. The highest BCUT2D eigenvalue weighted by atomic mass is 16.5. The molecule has 3 N–H and O–H groups in total. The summed E-state index contributed by atoms with van der Waals surface area (Å²) in [5.74, 6) is 0.270. The van der Waals surface area contributed by atoms with Crippen molar-refractivity contribution in [2.75, 3.05) is 6.61 Å². The van der Waals surface area contributed by atoms with Crippen LogP contribution in [0.5, 0.6) is 11.5 Å². The third-order valence-electron chi connectivity index (χ3n) is 3.48. The van der Waals surface area contributed by atoms with Crippen LogP contribution in [0.25, 0.3) is 0 Å². The zero-order chi connectivity index (χ0) is 13.1. The van der Waals surface area contributed by atoms with Gasteiger partial charge in [0.2, 0.25) is 0 Å². The van der Waals surface area contributed by atoms with Gasteiger partial charge in [0.1, 0.15) is 11.5 Å². The average molecular weight is 251 g/mol. The first kappa shape index (κ1) is 13.2. The molecule has 0 saturated heterocycles. The Kier molecular flexibility index (Phi) is 4.09. The zero-order valence-electron chi connectivity index (χ0n) is 10.9. The molecule has 1 fully saturated rings. The second-order valence-electron chi connectivity index (χ2n) is 4.84. The lowest BCUT2D eigenvalue weighted by Gasteiger charge is -2.37. The Bertz CT molecular complexity index is 382. The van der Waals surface area contributed by atoms with Crippen molar-refractivity contribution in [3.8, 4) is 11.5 Å². The number of rotatable bonds is 5. The highest BCUT2D eigenvalue weighted by molar-refractivity contribution is 5.44. The summed E-state index contributed by atoms with van der Waals surface area (Å²) in [4.78, 5) is 0. The van der Waals surface area contributed by atoms with E-state index in [1.165, 1.54) is 0 Å². The standard InChI is InChI=1S/C14H21NO3/c1-3-18-11-7-10(8-11)15-9(2)14-12(16)5-4-6-13(14)17/h4-6,9-11,15-17H,3,7-8H2,1-2H3. The van der Waals surface area contributed by atoms with E-state index in [0.717, 1.165) is 19.4 Å². The van der Waals surface area contributed by atoms with Crippen molar-refractivity contribution in [1.29, 1.82) is 0 Å². The van der Waals surface area contributed by atoms with Crippen LogP contribution >= 0.6 is 0 Å². The lowest BCUT2D eigenvalue weighted by molar-refractivity contribution is -0.0120. The predicted molar refractivity (Wildman–Crippen MR) is 69.8 cm³/mol. The molecule has 4 heteroatoms. The topological polar surface area (TPSA) is 61.7 Å². The van der Waals surface area contributed by atoms with Crippen LogP contribution in [0.2, 0.25) is 0 Å². The molecule has 4 nitrogen and oxygen atoms in total. The number of hydrogen-bond acceptors (Lipinski definition) is 4. The third kappa shape index (κ3) is 2.76. The van der Waals surface area contributed by atoms with E-state index >= 15 is 0 Å². The number of hydrogen-bond donors (Lipinski definition) is 3. The van der Waals surface area contributed by atoms with Crippen LogP contribution in [-0.4, -0.2) is 29.0 Å². The second-order valence-corrected chi connectivity index (χ2v) is 4.84. The molecule has 1 atom stereocenters. The van der Waals surface area contributed by atoms with Gasteiger partial charge in [-0.1, -0.05) is 6.07 Å². The van der Waals surface area contributed by atoms with Crippen molar-refractivity contribution in [1.82, 2.24) is 5.32 Å². The largest absolute Gasteiger partial charge is 0.507 e. The SMILES string of the molecule is CCOC1CC(NC(C)c2c(O)cccc2O)C1. The van der Waals surface area contributed by atoms with Crippen molar-refractivity contribution in [2.24, 2.45) is 0 Å². The van der Waals surface area contributed by atoms with Crippen molar-refractivity contribution >= 4 is 0 Å². The average Bonchev–Trinajstić information content (AvgIpc) is 2.26. The lowest BCUT2D eigenvalue weighted by atomic mass is 9.88. The molecule has 0 radical (unpaired) electrons. The van der Waals surface area contributed by atoms with E-state index in [2.05, 4.69) is 5.32 Å². The number of nitrogens with one attached hydrogen (secondary N) is 1. The molecule has 1 aromatic rings. The highest BCUT2D eigenvalue weighted by Gasteiger charge is 2.31. The Hall–Kier alpha value is -1.26. The fraction of sp³-hybridized carbons (Fsp3) is 0.571. The Morgan fingerprint density at radius 3 is 2.50 bits per heavy atom. The summed E-state index contributed by atoms with van der Waals surface area (Å²) in [6.45, 7) is 4.71. The summed E-state index contributed by atoms with van der Waals surface area (Å²) in [6.07, 6.45) is 2.34. The van der Waals surface area contributed by atoms with Crippen LogP contribution in [0, 0.1) is 0 Å². The van der Waals surface area contributed by atoms with Gasteiger partial charge in [0.25, 0.3) is 0 Å². The van der Waals surface area contributed by atoms with E-state index < -0.39 is 0 Å². The van der Waals surface area contributed by atoms with Gasteiger partial charge in [-0.3, -0.25) is 0 Å². The Morgan fingerprint density at radius 1 is 1.33 bits per heavy atom. The Balaban J connectivity index is 1.91. The summed E-state index contributed by atoms with van der Waals surface area (Å²) in [7, 11) is 0. The summed E-state index contributed by atoms with van der Waals surface area (Å²) >= 11 is 0. The third-order valence-corrected chi connectivity index (χ3v) is 3.48. The summed E-state index contributed by atoms with van der Waals surface area (Å²) in [6, 6.07) is 5.15.